The predicted octanol–water partition coefficient (Wildman–Crippen LogP) is -1.00. The smallest absolute Gasteiger partial charge is 0.242 e. The van der Waals surface area contributed by atoms with Gasteiger partial charge in [0.25, 0.3) is 0 Å². The molecule has 0 aliphatic rings. The van der Waals surface area contributed by atoms with Crippen molar-refractivity contribution in [3.05, 3.63) is 54.7 Å². The molecule has 1 aromatic heterocycles. The van der Waals surface area contributed by atoms with Crippen LogP contribution in [-0.4, -0.2) is 0 Å². The summed E-state index contributed by atoms with van der Waals surface area (Å²) in [5.74, 6) is 5.94. The second-order valence-electron chi connectivity index (χ2n) is 3.64. The fourth-order valence-corrected chi connectivity index (χ4v) is 2.00. The fourth-order valence-electron chi connectivity index (χ4n) is 2.00. The first-order valence-electron chi connectivity index (χ1n) is 4.93. The van der Waals surface area contributed by atoms with Crippen LogP contribution in [0.1, 0.15) is 0 Å². The van der Waals surface area contributed by atoms with Crippen LogP contribution in [0.5, 0.6) is 0 Å². The Balaban J connectivity index is 0.000000963. The van der Waals surface area contributed by atoms with E-state index >= 15 is 0 Å². The van der Waals surface area contributed by atoms with Crippen molar-refractivity contribution in [2.24, 2.45) is 0 Å². The zero-order valence-corrected chi connectivity index (χ0v) is 9.35. The van der Waals surface area contributed by atoms with E-state index in [0.717, 1.165) is 5.52 Å². The first-order valence-corrected chi connectivity index (χ1v) is 4.93. The number of nitrogens with two attached hydrogens (primary N) is 1. The van der Waals surface area contributed by atoms with Crippen LogP contribution in [0, 0.1) is 0 Å². The number of rotatable bonds is 0. The van der Waals surface area contributed by atoms with E-state index in [-0.39, 0.29) is 12.4 Å². The summed E-state index contributed by atoms with van der Waals surface area (Å²) in [6.45, 7) is 0. The summed E-state index contributed by atoms with van der Waals surface area (Å²) in [6.07, 6.45) is 1.96. The van der Waals surface area contributed by atoms with Crippen LogP contribution in [0.15, 0.2) is 54.7 Å². The number of hydrogen-bond donors (Lipinski definition) is 1. The monoisotopic (exact) mass is 230 g/mol. The molecular formula is C13H11ClN2. The number of nitrogen functional groups attached to an aromatic ring is 1. The molecule has 0 radical (unpaired) electrons. The number of pyridine rings is 1. The van der Waals surface area contributed by atoms with E-state index in [2.05, 4.69) is 24.3 Å². The van der Waals surface area contributed by atoms with Gasteiger partial charge in [0.1, 0.15) is 0 Å². The van der Waals surface area contributed by atoms with E-state index in [1.165, 1.54) is 16.2 Å². The summed E-state index contributed by atoms with van der Waals surface area (Å²) in [5.41, 5.74) is 1.05. The average Bonchev–Trinajstić information content (AvgIpc) is 2.30. The number of aromatic nitrogens is 1. The molecule has 16 heavy (non-hydrogen) atoms. The van der Waals surface area contributed by atoms with Crippen LogP contribution in [0.4, 0.5) is 0 Å². The number of hydrogen-bond acceptors (Lipinski definition) is 1. The lowest BCUT2D eigenvalue weighted by molar-refractivity contribution is -0.609. The molecule has 1 heterocycles. The molecule has 3 aromatic rings. The maximum atomic E-state index is 5.94. The van der Waals surface area contributed by atoms with E-state index in [0.29, 0.717) is 0 Å². The lowest BCUT2D eigenvalue weighted by atomic mass is 10.1. The molecule has 0 amide bonds. The summed E-state index contributed by atoms with van der Waals surface area (Å²) in [7, 11) is 0. The normalized spacial score (nSPS) is 10.2. The number of benzene rings is 2. The van der Waals surface area contributed by atoms with Crippen LogP contribution in [0.25, 0.3) is 21.7 Å². The third kappa shape index (κ3) is 1.48. The van der Waals surface area contributed by atoms with Crippen LogP contribution >= 0.6 is 0 Å². The van der Waals surface area contributed by atoms with Gasteiger partial charge < -0.3 is 12.4 Å². The molecule has 2 aromatic carbocycles. The molecular weight excluding hydrogens is 220 g/mol. The minimum absolute atomic E-state index is 0. The van der Waals surface area contributed by atoms with E-state index in [4.69, 9.17) is 5.84 Å². The molecule has 80 valence electrons. The van der Waals surface area contributed by atoms with Gasteiger partial charge in [0.15, 0.2) is 0 Å². The summed E-state index contributed by atoms with van der Waals surface area (Å²) >= 11 is 0. The molecule has 2 nitrogen and oxygen atoms in total. The van der Waals surface area contributed by atoms with Gasteiger partial charge in [0, 0.05) is 16.8 Å². The van der Waals surface area contributed by atoms with Gasteiger partial charge >= 0.3 is 0 Å². The average molecular weight is 231 g/mol. The van der Waals surface area contributed by atoms with E-state index in [1.807, 2.05) is 30.5 Å². The second kappa shape index (κ2) is 3.99. The fraction of sp³-hybridized carbons (Fsp3) is 0. The van der Waals surface area contributed by atoms with Crippen molar-refractivity contribution < 1.29 is 17.1 Å². The van der Waals surface area contributed by atoms with Gasteiger partial charge in [-0.3, -0.25) is 0 Å². The molecule has 0 bridgehead atoms. The maximum Gasteiger partial charge on any atom is 0.242 e. The van der Waals surface area contributed by atoms with Crippen molar-refractivity contribution in [2.45, 2.75) is 0 Å². The molecule has 0 spiro atoms. The van der Waals surface area contributed by atoms with Gasteiger partial charge in [0.05, 0.1) is 5.39 Å². The summed E-state index contributed by atoms with van der Waals surface area (Å²) in [5, 5.41) is 3.60. The van der Waals surface area contributed by atoms with Crippen molar-refractivity contribution in [2.75, 3.05) is 5.84 Å². The van der Waals surface area contributed by atoms with E-state index < -0.39 is 0 Å². The third-order valence-corrected chi connectivity index (χ3v) is 2.71. The molecule has 3 rings (SSSR count). The van der Waals surface area contributed by atoms with Gasteiger partial charge in [-0.05, 0) is 12.1 Å². The predicted molar refractivity (Wildman–Crippen MR) is 61.8 cm³/mol. The summed E-state index contributed by atoms with van der Waals surface area (Å²) < 4.78 is 1.68. The standard InChI is InChI=1S/C13H11N2.ClH/c14-15-9-10-5-1-2-6-11(10)12-7-3-4-8-13(12)15;/h1-9H,14H2;1H/q+1;/p-1. The Morgan fingerprint density at radius 2 is 1.44 bits per heavy atom. The minimum Gasteiger partial charge on any atom is -1.00 e. The largest absolute Gasteiger partial charge is 1.00 e. The second-order valence-corrected chi connectivity index (χ2v) is 3.64. The first kappa shape index (κ1) is 10.7. The molecule has 0 fully saturated rings. The Morgan fingerprint density at radius 3 is 2.25 bits per heavy atom. The topological polar surface area (TPSA) is 29.9 Å². The lowest BCUT2D eigenvalue weighted by Crippen LogP contribution is -3.00. The van der Waals surface area contributed by atoms with Gasteiger partial charge in [-0.1, -0.05) is 35.0 Å². The lowest BCUT2D eigenvalue weighted by Gasteiger charge is -2.00. The van der Waals surface area contributed by atoms with Crippen molar-refractivity contribution in [1.29, 1.82) is 0 Å². The Hall–Kier alpha value is -1.80. The van der Waals surface area contributed by atoms with Gasteiger partial charge in [-0.2, -0.15) is 0 Å². The SMILES string of the molecule is N[n+]1cc2ccccc2c2ccccc21.[Cl-]. The zero-order valence-electron chi connectivity index (χ0n) is 8.60. The van der Waals surface area contributed by atoms with Gasteiger partial charge in [-0.25, -0.2) is 5.84 Å². The van der Waals surface area contributed by atoms with Crippen molar-refractivity contribution >= 4 is 21.7 Å². The van der Waals surface area contributed by atoms with Gasteiger partial charge in [0.2, 0.25) is 11.7 Å². The highest BCUT2D eigenvalue weighted by molar-refractivity contribution is 6.03. The minimum atomic E-state index is 0. The Bertz CT molecular complexity index is 650. The molecule has 2 N–H and O–H groups in total. The number of fused-ring (bicyclic) bond motifs is 3. The molecule has 0 atom stereocenters. The van der Waals surface area contributed by atoms with E-state index in [9.17, 15) is 0 Å². The number of halogens is 1. The van der Waals surface area contributed by atoms with Crippen LogP contribution < -0.4 is 22.9 Å². The quantitative estimate of drug-likeness (QED) is 0.300. The van der Waals surface area contributed by atoms with E-state index in [1.54, 1.807) is 4.68 Å². The maximum absolute atomic E-state index is 5.94. The number of nitrogens with zero attached hydrogens (tertiary/aromatic N) is 1. The van der Waals surface area contributed by atoms with Gasteiger partial charge in [-0.15, -0.1) is 0 Å². The first-order chi connectivity index (χ1) is 7.36. The molecule has 0 saturated carbocycles. The van der Waals surface area contributed by atoms with Crippen molar-refractivity contribution in [3.8, 4) is 0 Å². The molecule has 0 aliphatic carbocycles. The number of para-hydroxylation sites is 1. The summed E-state index contributed by atoms with van der Waals surface area (Å²) in [6, 6.07) is 16.4. The highest BCUT2D eigenvalue weighted by Crippen LogP contribution is 2.20. The van der Waals surface area contributed by atoms with Crippen molar-refractivity contribution in [3.63, 3.8) is 0 Å². The zero-order chi connectivity index (χ0) is 10.3. The molecule has 0 unspecified atom stereocenters. The molecule has 0 saturated heterocycles. The Morgan fingerprint density at radius 1 is 0.812 bits per heavy atom. The van der Waals surface area contributed by atoms with Crippen LogP contribution in [0.3, 0.4) is 0 Å². The third-order valence-electron chi connectivity index (χ3n) is 2.71. The summed E-state index contributed by atoms with van der Waals surface area (Å²) in [4.78, 5) is 0. The Labute approximate surface area is 99.7 Å². The highest BCUT2D eigenvalue weighted by atomic mass is 35.5. The molecule has 3 heteroatoms. The van der Waals surface area contributed by atoms with Crippen molar-refractivity contribution in [1.82, 2.24) is 0 Å². The molecule has 0 aliphatic heterocycles. The van der Waals surface area contributed by atoms with Crippen LogP contribution in [-0.2, 0) is 0 Å². The Kier molecular flexibility index (Phi) is 2.67. The van der Waals surface area contributed by atoms with Crippen LogP contribution in [0.2, 0.25) is 0 Å². The highest BCUT2D eigenvalue weighted by Gasteiger charge is 2.09.